The fourth-order valence-corrected chi connectivity index (χ4v) is 1.92. The molecule has 1 aliphatic rings. The van der Waals surface area contributed by atoms with Gasteiger partial charge in [0.25, 0.3) is 0 Å². The van der Waals surface area contributed by atoms with E-state index >= 15 is 0 Å². The lowest BCUT2D eigenvalue weighted by molar-refractivity contribution is -0.144. The number of nitrogens with zero attached hydrogens (tertiary/aromatic N) is 1. The molecule has 1 amide bonds. The lowest BCUT2D eigenvalue weighted by Gasteiger charge is -2.33. The van der Waals surface area contributed by atoms with Gasteiger partial charge in [0.2, 0.25) is 5.91 Å². The molecule has 1 unspecified atom stereocenters. The number of carbonyl (C=O) groups excluding carboxylic acids is 2. The molecule has 1 atom stereocenters. The van der Waals surface area contributed by atoms with Crippen molar-refractivity contribution < 1.29 is 14.3 Å². The van der Waals surface area contributed by atoms with Gasteiger partial charge in [-0.2, -0.15) is 0 Å². The minimum absolute atomic E-state index is 0.0765. The highest BCUT2D eigenvalue weighted by molar-refractivity contribution is 5.81. The van der Waals surface area contributed by atoms with Crippen molar-refractivity contribution in [1.29, 1.82) is 0 Å². The van der Waals surface area contributed by atoms with Gasteiger partial charge in [0.05, 0.1) is 13.5 Å². The van der Waals surface area contributed by atoms with Gasteiger partial charge in [-0.25, -0.2) is 0 Å². The average molecular weight is 213 g/mol. The molecular weight excluding hydrogens is 194 g/mol. The molecule has 0 bridgehead atoms. The van der Waals surface area contributed by atoms with Crippen molar-refractivity contribution in [3.8, 4) is 0 Å². The lowest BCUT2D eigenvalue weighted by atomic mass is 10.0. The predicted octanol–water partition coefficient (Wildman–Crippen LogP) is 1.34. The Morgan fingerprint density at radius 2 is 2.07 bits per heavy atom. The van der Waals surface area contributed by atoms with E-state index < -0.39 is 0 Å². The molecule has 0 aromatic carbocycles. The maximum absolute atomic E-state index is 11.7. The van der Waals surface area contributed by atoms with Gasteiger partial charge in [0.15, 0.2) is 0 Å². The Labute approximate surface area is 90.6 Å². The second kappa shape index (κ2) is 5.73. The first-order valence-electron chi connectivity index (χ1n) is 5.51. The Hall–Kier alpha value is -1.06. The maximum atomic E-state index is 11.7. The number of ether oxygens (including phenoxy) is 1. The third-order valence-electron chi connectivity index (χ3n) is 2.89. The van der Waals surface area contributed by atoms with Crippen molar-refractivity contribution in [3.05, 3.63) is 0 Å². The zero-order valence-electron chi connectivity index (χ0n) is 9.49. The first-order valence-corrected chi connectivity index (χ1v) is 5.51. The second-order valence-electron chi connectivity index (χ2n) is 4.01. The molecule has 1 heterocycles. The summed E-state index contributed by atoms with van der Waals surface area (Å²) in [5.41, 5.74) is 0. The predicted molar refractivity (Wildman–Crippen MR) is 56.3 cm³/mol. The number of hydrogen-bond donors (Lipinski definition) is 0. The van der Waals surface area contributed by atoms with Crippen LogP contribution in [-0.2, 0) is 14.3 Å². The summed E-state index contributed by atoms with van der Waals surface area (Å²) in [5, 5.41) is 0. The third-order valence-corrected chi connectivity index (χ3v) is 2.89. The van der Waals surface area contributed by atoms with E-state index in [4.69, 9.17) is 0 Å². The summed E-state index contributed by atoms with van der Waals surface area (Å²) in [6, 6.07) is 0.323. The van der Waals surface area contributed by atoms with Crippen molar-refractivity contribution in [1.82, 2.24) is 4.90 Å². The molecular formula is C11H19NO3. The largest absolute Gasteiger partial charge is 0.469 e. The van der Waals surface area contributed by atoms with Crippen molar-refractivity contribution in [3.63, 3.8) is 0 Å². The Balaban J connectivity index is 2.35. The van der Waals surface area contributed by atoms with Crippen molar-refractivity contribution in [2.75, 3.05) is 13.7 Å². The molecule has 0 aromatic heterocycles. The molecule has 1 rings (SSSR count). The third kappa shape index (κ3) is 3.53. The van der Waals surface area contributed by atoms with Crippen molar-refractivity contribution in [2.24, 2.45) is 0 Å². The molecule has 0 saturated carbocycles. The Morgan fingerprint density at radius 1 is 1.33 bits per heavy atom. The molecule has 4 nitrogen and oxygen atoms in total. The summed E-state index contributed by atoms with van der Waals surface area (Å²) in [6.45, 7) is 2.90. The van der Waals surface area contributed by atoms with Gasteiger partial charge in [-0.1, -0.05) is 0 Å². The zero-order valence-corrected chi connectivity index (χ0v) is 9.49. The van der Waals surface area contributed by atoms with Gasteiger partial charge in [-0.3, -0.25) is 9.59 Å². The van der Waals surface area contributed by atoms with Crippen LogP contribution in [0.25, 0.3) is 0 Å². The van der Waals surface area contributed by atoms with E-state index in [1.54, 1.807) is 0 Å². The van der Waals surface area contributed by atoms with E-state index in [-0.39, 0.29) is 24.7 Å². The van der Waals surface area contributed by atoms with E-state index in [0.717, 1.165) is 19.4 Å². The zero-order chi connectivity index (χ0) is 11.3. The summed E-state index contributed by atoms with van der Waals surface area (Å²) >= 11 is 0. The first kappa shape index (κ1) is 12.0. The first-order chi connectivity index (χ1) is 7.15. The van der Waals surface area contributed by atoms with Crippen LogP contribution in [0.3, 0.4) is 0 Å². The monoisotopic (exact) mass is 213 g/mol. The smallest absolute Gasteiger partial charge is 0.306 e. The number of rotatable bonds is 3. The molecule has 0 radical (unpaired) electrons. The SMILES string of the molecule is COC(=O)CCC(=O)N1CCCCC1C. The second-order valence-corrected chi connectivity index (χ2v) is 4.01. The van der Waals surface area contributed by atoms with E-state index in [0.29, 0.717) is 6.04 Å². The normalized spacial score (nSPS) is 21.2. The van der Waals surface area contributed by atoms with Gasteiger partial charge in [0, 0.05) is 19.0 Å². The Bertz CT molecular complexity index is 240. The van der Waals surface area contributed by atoms with Crippen LogP contribution in [0.5, 0.6) is 0 Å². The minimum atomic E-state index is -0.312. The van der Waals surface area contributed by atoms with Crippen LogP contribution in [0.2, 0.25) is 0 Å². The Morgan fingerprint density at radius 3 is 2.67 bits per heavy atom. The topological polar surface area (TPSA) is 46.6 Å². The van der Waals surface area contributed by atoms with Crippen LogP contribution in [0, 0.1) is 0 Å². The number of esters is 1. The number of hydrogen-bond acceptors (Lipinski definition) is 3. The van der Waals surface area contributed by atoms with E-state index in [1.807, 2.05) is 4.90 Å². The van der Waals surface area contributed by atoms with E-state index in [9.17, 15) is 9.59 Å². The van der Waals surface area contributed by atoms with Crippen LogP contribution in [0.4, 0.5) is 0 Å². The molecule has 0 N–H and O–H groups in total. The van der Waals surface area contributed by atoms with Gasteiger partial charge >= 0.3 is 5.97 Å². The summed E-state index contributed by atoms with van der Waals surface area (Å²) in [5.74, 6) is -0.236. The standard InChI is InChI=1S/C11H19NO3/c1-9-5-3-4-8-12(9)10(13)6-7-11(14)15-2/h9H,3-8H2,1-2H3. The van der Waals surface area contributed by atoms with Crippen LogP contribution >= 0.6 is 0 Å². The summed E-state index contributed by atoms with van der Waals surface area (Å²) < 4.78 is 4.51. The molecule has 1 aliphatic heterocycles. The minimum Gasteiger partial charge on any atom is -0.469 e. The molecule has 15 heavy (non-hydrogen) atoms. The highest BCUT2D eigenvalue weighted by Crippen LogP contribution is 2.17. The van der Waals surface area contributed by atoms with Crippen LogP contribution < -0.4 is 0 Å². The van der Waals surface area contributed by atoms with Gasteiger partial charge in [-0.05, 0) is 26.2 Å². The Kier molecular flexibility index (Phi) is 4.59. The summed E-state index contributed by atoms with van der Waals surface area (Å²) in [7, 11) is 1.34. The van der Waals surface area contributed by atoms with Gasteiger partial charge < -0.3 is 9.64 Å². The number of piperidine rings is 1. The molecule has 86 valence electrons. The van der Waals surface area contributed by atoms with Crippen LogP contribution in [0.15, 0.2) is 0 Å². The molecule has 0 spiro atoms. The van der Waals surface area contributed by atoms with Crippen molar-refractivity contribution >= 4 is 11.9 Å². The number of methoxy groups -OCH3 is 1. The molecule has 4 heteroatoms. The number of amides is 1. The van der Waals surface area contributed by atoms with Gasteiger partial charge in [-0.15, -0.1) is 0 Å². The van der Waals surface area contributed by atoms with E-state index in [1.165, 1.54) is 13.5 Å². The van der Waals surface area contributed by atoms with Crippen LogP contribution in [-0.4, -0.2) is 36.5 Å². The number of carbonyl (C=O) groups is 2. The van der Waals surface area contributed by atoms with E-state index in [2.05, 4.69) is 11.7 Å². The quantitative estimate of drug-likeness (QED) is 0.665. The fraction of sp³-hybridized carbons (Fsp3) is 0.818. The fourth-order valence-electron chi connectivity index (χ4n) is 1.92. The van der Waals surface area contributed by atoms with Crippen LogP contribution in [0.1, 0.15) is 39.0 Å². The van der Waals surface area contributed by atoms with Crippen molar-refractivity contribution in [2.45, 2.75) is 45.1 Å². The summed E-state index contributed by atoms with van der Waals surface area (Å²) in [6.07, 6.45) is 3.82. The molecule has 0 aliphatic carbocycles. The maximum Gasteiger partial charge on any atom is 0.306 e. The number of likely N-dealkylation sites (tertiary alicyclic amines) is 1. The highest BCUT2D eigenvalue weighted by atomic mass is 16.5. The molecule has 0 aromatic rings. The summed E-state index contributed by atoms with van der Waals surface area (Å²) in [4.78, 5) is 24.5. The molecule has 1 saturated heterocycles. The lowest BCUT2D eigenvalue weighted by Crippen LogP contribution is -2.42. The highest BCUT2D eigenvalue weighted by Gasteiger charge is 2.23. The molecule has 1 fully saturated rings. The average Bonchev–Trinajstić information content (AvgIpc) is 2.26. The van der Waals surface area contributed by atoms with Gasteiger partial charge in [0.1, 0.15) is 0 Å².